The first-order chi connectivity index (χ1) is 4.33. The quantitative estimate of drug-likeness (QED) is 0.474. The molecule has 0 aromatic heterocycles. The Morgan fingerprint density at radius 1 is 1.44 bits per heavy atom. The number of Topliss-reactive ketones (excluding diaryl/α,β-unsaturated/α-hetero) is 1. The summed E-state index contributed by atoms with van der Waals surface area (Å²) in [6, 6.07) is 0. The Labute approximate surface area is 54.4 Å². The molecular weight excluding hydrogens is 112 g/mol. The molecule has 1 heteroatoms. The number of hydrogen-bond acceptors (Lipinski definition) is 1. The number of carbonyl (C=O) groups excluding carboxylic acids is 1. The van der Waals surface area contributed by atoms with E-state index in [1.165, 1.54) is 19.3 Å². The van der Waals surface area contributed by atoms with Crippen LogP contribution in [0.5, 0.6) is 0 Å². The average molecular weight is 122 g/mol. The lowest BCUT2D eigenvalue weighted by Crippen LogP contribution is -2.08. The van der Waals surface area contributed by atoms with Gasteiger partial charge < -0.3 is 0 Å². The molecule has 0 radical (unpaired) electrons. The molecule has 3 unspecified atom stereocenters. The van der Waals surface area contributed by atoms with Gasteiger partial charge in [0.2, 0.25) is 0 Å². The maximum absolute atomic E-state index is 11.1. The summed E-state index contributed by atoms with van der Waals surface area (Å²) in [5.74, 6) is 2.11. The first-order valence-electron chi connectivity index (χ1n) is 3.86. The van der Waals surface area contributed by atoms with Gasteiger partial charge >= 0.3 is 0 Å². The van der Waals surface area contributed by atoms with Gasteiger partial charge in [-0.15, -0.1) is 0 Å². The van der Waals surface area contributed by atoms with Gasteiger partial charge in [-0.3, -0.25) is 4.79 Å². The van der Waals surface area contributed by atoms with E-state index < -0.39 is 0 Å². The normalized spacial score (nSPS) is 60.2. The summed E-state index contributed by atoms with van der Waals surface area (Å²) >= 11 is 0. The van der Waals surface area contributed by atoms with Crippen LogP contribution in [0.2, 0.25) is 0 Å². The first kappa shape index (κ1) is 4.48. The zero-order valence-corrected chi connectivity index (χ0v) is 5.39. The van der Waals surface area contributed by atoms with E-state index in [0.29, 0.717) is 17.1 Å². The molecule has 0 aromatic carbocycles. The Morgan fingerprint density at radius 2 is 2.33 bits per heavy atom. The molecule has 3 fully saturated rings. The second-order valence-corrected chi connectivity index (χ2v) is 3.90. The number of hydrogen-bond donors (Lipinski definition) is 0. The van der Waals surface area contributed by atoms with Crippen LogP contribution in [0.3, 0.4) is 0 Å². The fourth-order valence-electron chi connectivity index (χ4n) is 2.71. The third-order valence-electron chi connectivity index (χ3n) is 3.53. The zero-order chi connectivity index (χ0) is 6.06. The molecule has 1 spiro atoms. The van der Waals surface area contributed by atoms with E-state index in [0.717, 1.165) is 12.3 Å². The van der Waals surface area contributed by atoms with Crippen molar-refractivity contribution in [1.29, 1.82) is 0 Å². The van der Waals surface area contributed by atoms with Crippen LogP contribution in [0.15, 0.2) is 0 Å². The van der Waals surface area contributed by atoms with Gasteiger partial charge in [-0.1, -0.05) is 0 Å². The van der Waals surface area contributed by atoms with Crippen LogP contribution in [0.4, 0.5) is 0 Å². The second-order valence-electron chi connectivity index (χ2n) is 3.90. The number of ketones is 1. The maximum atomic E-state index is 11.1. The van der Waals surface area contributed by atoms with Crippen LogP contribution >= 0.6 is 0 Å². The van der Waals surface area contributed by atoms with Crippen molar-refractivity contribution in [2.45, 2.75) is 25.7 Å². The highest BCUT2D eigenvalue weighted by molar-refractivity contribution is 5.87. The average Bonchev–Trinajstić information content (AvgIpc) is 2.64. The van der Waals surface area contributed by atoms with Gasteiger partial charge in [-0.2, -0.15) is 0 Å². The van der Waals surface area contributed by atoms with Crippen LogP contribution in [0.1, 0.15) is 25.7 Å². The summed E-state index contributed by atoms with van der Waals surface area (Å²) in [5.41, 5.74) is 0.634. The number of rotatable bonds is 0. The largest absolute Gasteiger partial charge is 0.299 e. The molecule has 9 heavy (non-hydrogen) atoms. The lowest BCUT2D eigenvalue weighted by atomic mass is 10.00. The summed E-state index contributed by atoms with van der Waals surface area (Å²) in [4.78, 5) is 11.1. The SMILES string of the molecule is O=C1CCC2CC23CC13. The summed E-state index contributed by atoms with van der Waals surface area (Å²) in [5, 5.41) is 0. The van der Waals surface area contributed by atoms with Crippen molar-refractivity contribution < 1.29 is 4.79 Å². The zero-order valence-electron chi connectivity index (χ0n) is 5.39. The van der Waals surface area contributed by atoms with E-state index in [-0.39, 0.29) is 0 Å². The van der Waals surface area contributed by atoms with Crippen molar-refractivity contribution in [2.24, 2.45) is 17.3 Å². The number of carbonyl (C=O) groups is 1. The molecule has 3 saturated carbocycles. The van der Waals surface area contributed by atoms with E-state index in [2.05, 4.69) is 0 Å². The van der Waals surface area contributed by atoms with E-state index in [4.69, 9.17) is 0 Å². The van der Waals surface area contributed by atoms with E-state index >= 15 is 0 Å². The fourth-order valence-corrected chi connectivity index (χ4v) is 2.71. The van der Waals surface area contributed by atoms with Crippen LogP contribution in [0, 0.1) is 17.3 Å². The third kappa shape index (κ3) is 0.347. The Bertz CT molecular complexity index is 197. The van der Waals surface area contributed by atoms with Crippen LogP contribution < -0.4 is 0 Å². The molecule has 0 saturated heterocycles. The third-order valence-corrected chi connectivity index (χ3v) is 3.53. The van der Waals surface area contributed by atoms with Crippen LogP contribution in [-0.2, 0) is 4.79 Å². The van der Waals surface area contributed by atoms with Crippen LogP contribution in [-0.4, -0.2) is 5.78 Å². The summed E-state index contributed by atoms with van der Waals surface area (Å²) in [6.07, 6.45) is 4.77. The molecule has 48 valence electrons. The van der Waals surface area contributed by atoms with E-state index in [9.17, 15) is 4.79 Å². The van der Waals surface area contributed by atoms with Crippen molar-refractivity contribution in [1.82, 2.24) is 0 Å². The predicted molar refractivity (Wildman–Crippen MR) is 32.9 cm³/mol. The highest BCUT2D eigenvalue weighted by atomic mass is 16.1. The molecule has 0 N–H and O–H groups in total. The van der Waals surface area contributed by atoms with Gasteiger partial charge in [0, 0.05) is 12.3 Å². The van der Waals surface area contributed by atoms with E-state index in [1.807, 2.05) is 0 Å². The molecule has 3 aliphatic rings. The summed E-state index contributed by atoms with van der Waals surface area (Å²) in [7, 11) is 0. The predicted octanol–water partition coefficient (Wildman–Crippen LogP) is 1.38. The van der Waals surface area contributed by atoms with Gasteiger partial charge in [0.25, 0.3) is 0 Å². The van der Waals surface area contributed by atoms with Gasteiger partial charge in [0.05, 0.1) is 0 Å². The second kappa shape index (κ2) is 0.979. The minimum Gasteiger partial charge on any atom is -0.299 e. The van der Waals surface area contributed by atoms with Gasteiger partial charge in [-0.25, -0.2) is 0 Å². The highest BCUT2D eigenvalue weighted by Crippen LogP contribution is 2.78. The standard InChI is InChI=1S/C8H10O/c9-7-2-1-5-3-8(5)4-6(7)8/h5-6H,1-4H2. The Kier molecular flexibility index (Phi) is 0.487. The lowest BCUT2D eigenvalue weighted by Gasteiger charge is -2.04. The highest BCUT2D eigenvalue weighted by Gasteiger charge is 2.73. The van der Waals surface area contributed by atoms with Crippen molar-refractivity contribution >= 4 is 5.78 Å². The van der Waals surface area contributed by atoms with Crippen molar-refractivity contribution in [3.63, 3.8) is 0 Å². The Morgan fingerprint density at radius 3 is 3.11 bits per heavy atom. The molecule has 0 heterocycles. The molecule has 0 amide bonds. The summed E-state index contributed by atoms with van der Waals surface area (Å²) < 4.78 is 0. The molecule has 0 aromatic rings. The smallest absolute Gasteiger partial charge is 0.136 e. The van der Waals surface area contributed by atoms with E-state index in [1.54, 1.807) is 0 Å². The molecule has 3 atom stereocenters. The van der Waals surface area contributed by atoms with Gasteiger partial charge in [0.15, 0.2) is 0 Å². The molecule has 3 aliphatic carbocycles. The summed E-state index contributed by atoms with van der Waals surface area (Å²) in [6.45, 7) is 0. The maximum Gasteiger partial charge on any atom is 0.136 e. The monoisotopic (exact) mass is 122 g/mol. The van der Waals surface area contributed by atoms with Gasteiger partial charge in [0.1, 0.15) is 5.78 Å². The fraction of sp³-hybridized carbons (Fsp3) is 0.875. The lowest BCUT2D eigenvalue weighted by molar-refractivity contribution is -0.121. The molecule has 3 rings (SSSR count). The first-order valence-corrected chi connectivity index (χ1v) is 3.86. The minimum atomic E-state index is 0.552. The topological polar surface area (TPSA) is 17.1 Å². The molecule has 0 aliphatic heterocycles. The Hall–Kier alpha value is -0.330. The van der Waals surface area contributed by atoms with Crippen molar-refractivity contribution in [3.05, 3.63) is 0 Å². The molecule has 1 nitrogen and oxygen atoms in total. The molecular formula is C8H10O. The minimum absolute atomic E-state index is 0.552. The van der Waals surface area contributed by atoms with Crippen molar-refractivity contribution in [3.8, 4) is 0 Å². The Balaban J connectivity index is 1.99. The van der Waals surface area contributed by atoms with Gasteiger partial charge in [-0.05, 0) is 30.6 Å². The van der Waals surface area contributed by atoms with Crippen molar-refractivity contribution in [2.75, 3.05) is 0 Å². The van der Waals surface area contributed by atoms with Crippen LogP contribution in [0.25, 0.3) is 0 Å². The molecule has 0 bridgehead atoms.